The molecule has 2 rings (SSSR count). The molecule has 0 radical (unpaired) electrons. The fraction of sp³-hybridized carbons (Fsp3) is 0.462. The number of hydrogen-bond acceptors (Lipinski definition) is 1. The summed E-state index contributed by atoms with van der Waals surface area (Å²) < 4.78 is 0. The number of aryl methyl sites for hydroxylation is 1. The average Bonchev–Trinajstić information content (AvgIpc) is 2.19. The lowest BCUT2D eigenvalue weighted by atomic mass is 9.80. The summed E-state index contributed by atoms with van der Waals surface area (Å²) in [5.41, 5.74) is 3.34. The first kappa shape index (κ1) is 10.2. The molecular weight excluding hydrogens is 186 g/mol. The Bertz CT molecular complexity index is 396. The van der Waals surface area contributed by atoms with Gasteiger partial charge in [0.15, 0.2) is 0 Å². The van der Waals surface area contributed by atoms with Crippen LogP contribution in [0.15, 0.2) is 18.2 Å². The van der Waals surface area contributed by atoms with Gasteiger partial charge in [0.25, 0.3) is 5.91 Å². The molecule has 1 N–H and O–H groups in total. The Hall–Kier alpha value is -1.31. The largest absolute Gasteiger partial charge is 0.351 e. The zero-order chi connectivity index (χ0) is 11.0. The number of amides is 1. The smallest absolute Gasteiger partial charge is 0.251 e. The molecule has 2 heteroatoms. The van der Waals surface area contributed by atoms with Crippen LogP contribution in [0.25, 0.3) is 0 Å². The molecule has 0 saturated carbocycles. The van der Waals surface area contributed by atoms with Gasteiger partial charge < -0.3 is 5.32 Å². The van der Waals surface area contributed by atoms with Crippen molar-refractivity contribution in [3.8, 4) is 0 Å². The van der Waals surface area contributed by atoms with Gasteiger partial charge in [-0.2, -0.15) is 0 Å². The maximum atomic E-state index is 11.7. The number of carbonyl (C=O) groups excluding carboxylic acids is 1. The lowest BCUT2D eigenvalue weighted by Crippen LogP contribution is -2.37. The Kier molecular flexibility index (Phi) is 2.51. The predicted molar refractivity (Wildman–Crippen MR) is 61.1 cm³/mol. The van der Waals surface area contributed by atoms with Crippen LogP contribution in [-0.2, 0) is 0 Å². The van der Waals surface area contributed by atoms with Crippen molar-refractivity contribution in [2.24, 2.45) is 5.92 Å². The van der Waals surface area contributed by atoms with Crippen LogP contribution in [0.5, 0.6) is 0 Å². The molecular formula is C13H17NO. The van der Waals surface area contributed by atoms with Crippen LogP contribution >= 0.6 is 0 Å². The molecule has 80 valence electrons. The fourth-order valence-electron chi connectivity index (χ4n) is 2.34. The molecule has 0 aromatic heterocycles. The van der Waals surface area contributed by atoms with Gasteiger partial charge in [0.2, 0.25) is 0 Å². The van der Waals surface area contributed by atoms with Crippen molar-refractivity contribution in [1.82, 2.24) is 5.32 Å². The van der Waals surface area contributed by atoms with Crippen molar-refractivity contribution in [3.05, 3.63) is 34.9 Å². The summed E-state index contributed by atoms with van der Waals surface area (Å²) in [6.45, 7) is 7.28. The summed E-state index contributed by atoms with van der Waals surface area (Å²) in [5, 5.41) is 2.96. The Morgan fingerprint density at radius 1 is 1.40 bits per heavy atom. The lowest BCUT2D eigenvalue weighted by Gasteiger charge is -2.30. The van der Waals surface area contributed by atoms with E-state index in [2.05, 4.69) is 32.2 Å². The van der Waals surface area contributed by atoms with E-state index in [0.717, 1.165) is 12.1 Å². The standard InChI is InChI=1S/C13H17NO/c1-8(2)11-7-14-13(15)10-6-4-5-9(3)12(10)11/h4-6,8,11H,7H2,1-3H3,(H,14,15). The second kappa shape index (κ2) is 3.69. The van der Waals surface area contributed by atoms with E-state index in [-0.39, 0.29) is 5.91 Å². The highest BCUT2D eigenvalue weighted by molar-refractivity contribution is 5.97. The Morgan fingerprint density at radius 2 is 2.13 bits per heavy atom. The van der Waals surface area contributed by atoms with E-state index in [1.54, 1.807) is 0 Å². The predicted octanol–water partition coefficient (Wildman–Crippen LogP) is 2.48. The van der Waals surface area contributed by atoms with Gasteiger partial charge in [-0.3, -0.25) is 4.79 Å². The number of fused-ring (bicyclic) bond motifs is 1. The Morgan fingerprint density at radius 3 is 2.80 bits per heavy atom. The summed E-state index contributed by atoms with van der Waals surface area (Å²) in [6, 6.07) is 5.97. The van der Waals surface area contributed by atoms with E-state index in [0.29, 0.717) is 11.8 Å². The van der Waals surface area contributed by atoms with Gasteiger partial charge in [-0.15, -0.1) is 0 Å². The summed E-state index contributed by atoms with van der Waals surface area (Å²) in [5.74, 6) is 1.09. The molecule has 1 aliphatic heterocycles. The number of hydrogen-bond donors (Lipinski definition) is 1. The van der Waals surface area contributed by atoms with Crippen molar-refractivity contribution < 1.29 is 4.79 Å². The molecule has 0 bridgehead atoms. The maximum Gasteiger partial charge on any atom is 0.251 e. The zero-order valence-corrected chi connectivity index (χ0v) is 9.50. The minimum absolute atomic E-state index is 0.0746. The first-order chi connectivity index (χ1) is 7.11. The average molecular weight is 203 g/mol. The summed E-state index contributed by atoms with van der Waals surface area (Å²) in [6.07, 6.45) is 0. The van der Waals surface area contributed by atoms with E-state index in [1.807, 2.05) is 12.1 Å². The van der Waals surface area contributed by atoms with Gasteiger partial charge in [-0.1, -0.05) is 26.0 Å². The SMILES string of the molecule is Cc1cccc2c1C(C(C)C)CNC2=O. The van der Waals surface area contributed by atoms with Gasteiger partial charge >= 0.3 is 0 Å². The lowest BCUT2D eigenvalue weighted by molar-refractivity contribution is 0.0936. The second-order valence-corrected chi connectivity index (χ2v) is 4.60. The van der Waals surface area contributed by atoms with Crippen LogP contribution in [-0.4, -0.2) is 12.5 Å². The van der Waals surface area contributed by atoms with Gasteiger partial charge in [-0.25, -0.2) is 0 Å². The van der Waals surface area contributed by atoms with Crippen LogP contribution in [0.2, 0.25) is 0 Å². The van der Waals surface area contributed by atoms with Crippen LogP contribution < -0.4 is 5.32 Å². The van der Waals surface area contributed by atoms with E-state index < -0.39 is 0 Å². The molecule has 1 aromatic rings. The van der Waals surface area contributed by atoms with Crippen LogP contribution in [0, 0.1) is 12.8 Å². The number of nitrogens with one attached hydrogen (secondary N) is 1. The summed E-state index contributed by atoms with van der Waals surface area (Å²) in [4.78, 5) is 11.7. The molecule has 1 unspecified atom stereocenters. The summed E-state index contributed by atoms with van der Waals surface area (Å²) in [7, 11) is 0. The van der Waals surface area contributed by atoms with Crippen molar-refractivity contribution in [2.75, 3.05) is 6.54 Å². The van der Waals surface area contributed by atoms with Crippen molar-refractivity contribution in [1.29, 1.82) is 0 Å². The number of rotatable bonds is 1. The highest BCUT2D eigenvalue weighted by Crippen LogP contribution is 2.32. The molecule has 15 heavy (non-hydrogen) atoms. The van der Waals surface area contributed by atoms with Crippen molar-refractivity contribution in [3.63, 3.8) is 0 Å². The first-order valence-corrected chi connectivity index (χ1v) is 5.49. The van der Waals surface area contributed by atoms with Gasteiger partial charge in [0.05, 0.1) is 0 Å². The molecule has 1 aliphatic rings. The Labute approximate surface area is 90.7 Å². The van der Waals surface area contributed by atoms with E-state index in [4.69, 9.17) is 0 Å². The number of carbonyl (C=O) groups is 1. The third-order valence-electron chi connectivity index (χ3n) is 3.23. The molecule has 1 amide bonds. The fourth-order valence-corrected chi connectivity index (χ4v) is 2.34. The van der Waals surface area contributed by atoms with Crippen LogP contribution in [0.1, 0.15) is 41.3 Å². The monoisotopic (exact) mass is 203 g/mol. The topological polar surface area (TPSA) is 29.1 Å². The van der Waals surface area contributed by atoms with Gasteiger partial charge in [-0.05, 0) is 30.0 Å². The molecule has 1 aromatic carbocycles. The van der Waals surface area contributed by atoms with Crippen molar-refractivity contribution in [2.45, 2.75) is 26.7 Å². The maximum absolute atomic E-state index is 11.7. The molecule has 1 atom stereocenters. The minimum atomic E-state index is 0.0746. The molecule has 0 saturated heterocycles. The molecule has 2 nitrogen and oxygen atoms in total. The van der Waals surface area contributed by atoms with Crippen molar-refractivity contribution >= 4 is 5.91 Å². The number of benzene rings is 1. The summed E-state index contributed by atoms with van der Waals surface area (Å²) >= 11 is 0. The van der Waals surface area contributed by atoms with Gasteiger partial charge in [0, 0.05) is 18.0 Å². The highest BCUT2D eigenvalue weighted by atomic mass is 16.1. The molecule has 0 aliphatic carbocycles. The van der Waals surface area contributed by atoms with E-state index in [9.17, 15) is 4.79 Å². The normalized spacial score (nSPS) is 20.0. The third kappa shape index (κ3) is 1.65. The zero-order valence-electron chi connectivity index (χ0n) is 9.50. The third-order valence-corrected chi connectivity index (χ3v) is 3.23. The Balaban J connectivity index is 2.56. The first-order valence-electron chi connectivity index (χ1n) is 5.49. The van der Waals surface area contributed by atoms with Gasteiger partial charge in [0.1, 0.15) is 0 Å². The van der Waals surface area contributed by atoms with E-state index in [1.165, 1.54) is 11.1 Å². The molecule has 0 fully saturated rings. The highest BCUT2D eigenvalue weighted by Gasteiger charge is 2.28. The van der Waals surface area contributed by atoms with Crippen LogP contribution in [0.3, 0.4) is 0 Å². The molecule has 0 spiro atoms. The quantitative estimate of drug-likeness (QED) is 0.746. The van der Waals surface area contributed by atoms with E-state index >= 15 is 0 Å². The second-order valence-electron chi connectivity index (χ2n) is 4.60. The molecule has 1 heterocycles. The minimum Gasteiger partial charge on any atom is -0.351 e. The van der Waals surface area contributed by atoms with Crippen LogP contribution in [0.4, 0.5) is 0 Å².